The van der Waals surface area contributed by atoms with E-state index in [1.807, 2.05) is 18.2 Å². The van der Waals surface area contributed by atoms with Crippen molar-refractivity contribution in [2.45, 2.75) is 51.9 Å². The lowest BCUT2D eigenvalue weighted by Gasteiger charge is -2.31. The van der Waals surface area contributed by atoms with Crippen molar-refractivity contribution in [3.63, 3.8) is 0 Å². The van der Waals surface area contributed by atoms with E-state index in [-0.39, 0.29) is 0 Å². The van der Waals surface area contributed by atoms with Gasteiger partial charge in [-0.25, -0.2) is 0 Å². The van der Waals surface area contributed by atoms with Crippen molar-refractivity contribution in [3.8, 4) is 0 Å². The maximum Gasteiger partial charge on any atom is 0.407 e. The summed E-state index contributed by atoms with van der Waals surface area (Å²) in [5, 5.41) is 2.34. The SMILES string of the molecule is C=CCCO[Si](OCCCCCCCC)(c1ccccc1)c1ccccc1. The van der Waals surface area contributed by atoms with Crippen LogP contribution in [0.5, 0.6) is 0 Å². The van der Waals surface area contributed by atoms with Crippen LogP contribution in [-0.4, -0.2) is 21.8 Å². The fourth-order valence-electron chi connectivity index (χ4n) is 3.24. The molecule has 0 N–H and O–H groups in total. The van der Waals surface area contributed by atoms with Crippen LogP contribution in [0.1, 0.15) is 51.9 Å². The molecule has 0 fully saturated rings. The van der Waals surface area contributed by atoms with Gasteiger partial charge in [0.05, 0.1) is 0 Å². The first-order valence-corrected chi connectivity index (χ1v) is 12.1. The van der Waals surface area contributed by atoms with Crippen molar-refractivity contribution in [1.82, 2.24) is 0 Å². The molecule has 146 valence electrons. The number of rotatable bonds is 14. The van der Waals surface area contributed by atoms with Crippen LogP contribution in [0.3, 0.4) is 0 Å². The molecule has 0 bridgehead atoms. The third-order valence-electron chi connectivity index (χ3n) is 4.74. The van der Waals surface area contributed by atoms with Gasteiger partial charge in [-0.15, -0.1) is 6.58 Å². The minimum atomic E-state index is -2.71. The normalized spacial score (nSPS) is 11.4. The van der Waals surface area contributed by atoms with E-state index in [9.17, 15) is 0 Å². The topological polar surface area (TPSA) is 18.5 Å². The second kappa shape index (κ2) is 12.7. The van der Waals surface area contributed by atoms with Crippen molar-refractivity contribution < 1.29 is 8.85 Å². The molecule has 3 heteroatoms. The Balaban J connectivity index is 2.16. The van der Waals surface area contributed by atoms with E-state index in [2.05, 4.69) is 62.0 Å². The van der Waals surface area contributed by atoms with Gasteiger partial charge in [-0.05, 0) is 23.2 Å². The van der Waals surface area contributed by atoms with Gasteiger partial charge >= 0.3 is 8.56 Å². The maximum atomic E-state index is 6.64. The van der Waals surface area contributed by atoms with Gasteiger partial charge in [-0.2, -0.15) is 0 Å². The Morgan fingerprint density at radius 3 is 1.81 bits per heavy atom. The van der Waals surface area contributed by atoms with Crippen LogP contribution < -0.4 is 10.4 Å². The molecule has 0 heterocycles. The van der Waals surface area contributed by atoms with E-state index in [1.54, 1.807) is 0 Å². The van der Waals surface area contributed by atoms with Crippen LogP contribution >= 0.6 is 0 Å². The first-order valence-electron chi connectivity index (χ1n) is 10.3. The summed E-state index contributed by atoms with van der Waals surface area (Å²) in [6, 6.07) is 21.0. The number of benzene rings is 2. The first-order chi connectivity index (χ1) is 13.3. The zero-order chi connectivity index (χ0) is 19.2. The van der Waals surface area contributed by atoms with Crippen LogP contribution in [-0.2, 0) is 8.85 Å². The van der Waals surface area contributed by atoms with Crippen LogP contribution in [0.2, 0.25) is 0 Å². The Morgan fingerprint density at radius 1 is 0.741 bits per heavy atom. The molecule has 0 saturated heterocycles. The van der Waals surface area contributed by atoms with Crippen molar-refractivity contribution in [2.75, 3.05) is 13.2 Å². The minimum absolute atomic E-state index is 0.635. The molecule has 0 saturated carbocycles. The standard InChI is InChI=1S/C24H34O2Si/c1-3-5-7-8-9-16-22-26-27(25-21-6-4-2,23-17-12-10-13-18-23)24-19-14-11-15-20-24/h4,10-15,17-20H,2-3,5-9,16,21-22H2,1H3. The second-order valence-electron chi connectivity index (χ2n) is 6.89. The third-order valence-corrected chi connectivity index (χ3v) is 8.15. The number of hydrogen-bond donors (Lipinski definition) is 0. The summed E-state index contributed by atoms with van der Waals surface area (Å²) in [6.45, 7) is 7.47. The number of hydrogen-bond acceptors (Lipinski definition) is 2. The smallest absolute Gasteiger partial charge is 0.388 e. The monoisotopic (exact) mass is 382 g/mol. The van der Waals surface area contributed by atoms with E-state index < -0.39 is 8.56 Å². The molecule has 0 spiro atoms. The summed E-state index contributed by atoms with van der Waals surface area (Å²) >= 11 is 0. The Kier molecular flexibility index (Phi) is 10.1. The third kappa shape index (κ3) is 6.76. The van der Waals surface area contributed by atoms with Crippen molar-refractivity contribution in [3.05, 3.63) is 73.3 Å². The molecule has 27 heavy (non-hydrogen) atoms. The Bertz CT molecular complexity index is 588. The van der Waals surface area contributed by atoms with Gasteiger partial charge in [0.15, 0.2) is 0 Å². The molecule has 0 atom stereocenters. The van der Waals surface area contributed by atoms with Crippen LogP contribution in [0.25, 0.3) is 0 Å². The highest BCUT2D eigenvalue weighted by Gasteiger charge is 2.42. The van der Waals surface area contributed by atoms with E-state index in [0.717, 1.165) is 19.4 Å². The summed E-state index contributed by atoms with van der Waals surface area (Å²) in [6.07, 6.45) is 10.3. The van der Waals surface area contributed by atoms with E-state index in [0.29, 0.717) is 6.61 Å². The lowest BCUT2D eigenvalue weighted by Crippen LogP contribution is -2.63. The molecule has 2 rings (SSSR count). The average molecular weight is 383 g/mol. The Labute approximate surface area is 166 Å². The van der Waals surface area contributed by atoms with Crippen LogP contribution in [0.4, 0.5) is 0 Å². The van der Waals surface area contributed by atoms with Gasteiger partial charge in [0.25, 0.3) is 0 Å². The van der Waals surface area contributed by atoms with Crippen molar-refractivity contribution in [1.29, 1.82) is 0 Å². The highest BCUT2D eigenvalue weighted by atomic mass is 28.4. The summed E-state index contributed by atoms with van der Waals surface area (Å²) in [5.41, 5.74) is 0. The molecule has 2 aromatic rings. The van der Waals surface area contributed by atoms with Gasteiger partial charge in [0.1, 0.15) is 0 Å². The Hall–Kier alpha value is -1.68. The Morgan fingerprint density at radius 2 is 1.26 bits per heavy atom. The molecule has 0 aromatic heterocycles. The zero-order valence-corrected chi connectivity index (χ0v) is 17.7. The second-order valence-corrected chi connectivity index (χ2v) is 9.86. The van der Waals surface area contributed by atoms with E-state index in [1.165, 1.54) is 42.5 Å². The molecule has 0 radical (unpaired) electrons. The maximum absolute atomic E-state index is 6.64. The van der Waals surface area contributed by atoms with Gasteiger partial charge in [-0.3, -0.25) is 0 Å². The molecule has 2 nitrogen and oxygen atoms in total. The highest BCUT2D eigenvalue weighted by Crippen LogP contribution is 2.13. The lowest BCUT2D eigenvalue weighted by atomic mass is 10.1. The van der Waals surface area contributed by atoms with E-state index in [4.69, 9.17) is 8.85 Å². The summed E-state index contributed by atoms with van der Waals surface area (Å²) in [4.78, 5) is 0. The van der Waals surface area contributed by atoms with Gasteiger partial charge in [-0.1, -0.05) is 106 Å². The van der Waals surface area contributed by atoms with E-state index >= 15 is 0 Å². The molecule has 0 aliphatic heterocycles. The summed E-state index contributed by atoms with van der Waals surface area (Å²) in [7, 11) is -2.71. The van der Waals surface area contributed by atoms with Crippen molar-refractivity contribution in [2.24, 2.45) is 0 Å². The molecular formula is C24H34O2Si. The number of unbranched alkanes of at least 4 members (excludes halogenated alkanes) is 5. The van der Waals surface area contributed by atoms with Gasteiger partial charge in [0.2, 0.25) is 0 Å². The predicted octanol–water partition coefficient (Wildman–Crippen LogP) is 5.21. The zero-order valence-electron chi connectivity index (χ0n) is 16.7. The summed E-state index contributed by atoms with van der Waals surface area (Å²) in [5.74, 6) is 0. The average Bonchev–Trinajstić information content (AvgIpc) is 2.73. The highest BCUT2D eigenvalue weighted by molar-refractivity contribution is 6.92. The van der Waals surface area contributed by atoms with Crippen LogP contribution in [0, 0.1) is 0 Å². The fraction of sp³-hybridized carbons (Fsp3) is 0.417. The largest absolute Gasteiger partial charge is 0.407 e. The van der Waals surface area contributed by atoms with Gasteiger partial charge < -0.3 is 8.85 Å². The molecule has 0 aliphatic carbocycles. The molecule has 0 amide bonds. The lowest BCUT2D eigenvalue weighted by molar-refractivity contribution is 0.190. The fourth-order valence-corrected chi connectivity index (χ4v) is 6.42. The van der Waals surface area contributed by atoms with Crippen LogP contribution in [0.15, 0.2) is 73.3 Å². The summed E-state index contributed by atoms with van der Waals surface area (Å²) < 4.78 is 13.2. The molecule has 0 unspecified atom stereocenters. The molecule has 2 aromatic carbocycles. The molecule has 0 aliphatic rings. The quantitative estimate of drug-likeness (QED) is 0.254. The van der Waals surface area contributed by atoms with Gasteiger partial charge in [0, 0.05) is 13.2 Å². The predicted molar refractivity (Wildman–Crippen MR) is 118 cm³/mol. The molecular weight excluding hydrogens is 348 g/mol. The first kappa shape index (κ1) is 21.6. The van der Waals surface area contributed by atoms with Crippen molar-refractivity contribution >= 4 is 18.9 Å². The minimum Gasteiger partial charge on any atom is -0.388 e.